The van der Waals surface area contributed by atoms with E-state index < -0.39 is 91.5 Å². The van der Waals surface area contributed by atoms with Crippen molar-refractivity contribution in [3.63, 3.8) is 0 Å². The molecule has 4 N–H and O–H groups in total. The number of aliphatic hydroxyl groups excluding tert-OH is 2. The van der Waals surface area contributed by atoms with Crippen molar-refractivity contribution in [2.24, 2.45) is 0 Å². The molecule has 0 saturated carbocycles. The van der Waals surface area contributed by atoms with Crippen molar-refractivity contribution in [2.45, 2.75) is 437 Å². The molecule has 0 fully saturated rings. The van der Waals surface area contributed by atoms with Crippen LogP contribution < -0.4 is 0 Å². The number of aliphatic hydroxyl groups is 2. The number of rotatable bonds is 89. The van der Waals surface area contributed by atoms with Crippen LogP contribution in [0.5, 0.6) is 0 Å². The molecule has 0 aromatic rings. The predicted octanol–water partition coefficient (Wildman–Crippen LogP) is 28.8. The second-order valence-corrected chi connectivity index (χ2v) is 34.3. The van der Waals surface area contributed by atoms with Gasteiger partial charge in [-0.15, -0.1) is 0 Å². The van der Waals surface area contributed by atoms with E-state index in [1.54, 1.807) is 0 Å². The Labute approximate surface area is 703 Å². The molecule has 0 aromatic heterocycles. The first-order valence-electron chi connectivity index (χ1n) is 46.8. The number of carbonyl (C=O) groups is 3. The minimum absolute atomic E-state index is 0.109. The van der Waals surface area contributed by atoms with Crippen molar-refractivity contribution in [2.75, 3.05) is 39.6 Å². The topological polar surface area (TPSA) is 231 Å². The standard InChI is InChI=1S/C97H172O16P2/c1-4-7-10-13-16-19-22-24-26-28-30-32-34-36-38-40-42-44-45-47-49-50-52-54-56-58-60-62-64-66-69-71-74-77-80-83-95(100)107-86-92(98)87-109-114(103,104)110-88-93(99)89-111-115(105,106)112-91-94(113-97(102)85-82-79-76-73-68-21-18-15-12-9-6-3)90-108-96(101)84-81-78-75-72-70-67-65-63-61-59-57-55-53-51-48-46-43-41-39-37-35-33-31-29-27-25-23-20-17-14-11-8-5-2/h7-8,10-11,16-17,19-20,24-27,30-33,36-39,92-94,98-99H,4-6,9,12-15,18,21-23,28-29,34-35,40-91H2,1-3H3,(H,103,104)(H,105,106)/b10-7-,11-8-,19-16-,20-17-,26-24-,27-25-,32-30-,33-31-,38-36-,39-37-. The minimum Gasteiger partial charge on any atom is -0.463 e. The Morgan fingerprint density at radius 1 is 0.252 bits per heavy atom. The van der Waals surface area contributed by atoms with Crippen molar-refractivity contribution < 1.29 is 75.8 Å². The van der Waals surface area contributed by atoms with Crippen LogP contribution in [0, 0.1) is 0 Å². The summed E-state index contributed by atoms with van der Waals surface area (Å²) in [6, 6.07) is 0. The Bertz CT molecular complexity index is 2570. The average molecular weight is 1660 g/mol. The van der Waals surface area contributed by atoms with Gasteiger partial charge in [-0.3, -0.25) is 32.5 Å². The van der Waals surface area contributed by atoms with Gasteiger partial charge < -0.3 is 34.2 Å². The molecule has 5 atom stereocenters. The molecule has 0 bridgehead atoms. The van der Waals surface area contributed by atoms with Crippen LogP contribution in [0.15, 0.2) is 122 Å². The summed E-state index contributed by atoms with van der Waals surface area (Å²) in [5, 5.41) is 20.7. The van der Waals surface area contributed by atoms with Crippen LogP contribution in [0.2, 0.25) is 0 Å². The second kappa shape index (κ2) is 89.2. The molecule has 16 nitrogen and oxygen atoms in total. The van der Waals surface area contributed by atoms with Crippen molar-refractivity contribution in [1.29, 1.82) is 0 Å². The SMILES string of the molecule is CC/C=C\C/C=C\C/C=C\C/C=C\C/C=C\CCCCCCCCCCCCCCCCCCCCCC(=O)OCC(O)COP(=O)(O)OCC(O)COP(=O)(O)OCC(COC(=O)CCCCCCCCCCCCCCCCCCC/C=C\C/C=C\C/C=C\C/C=C\C/C=C\CC)OC(=O)CCCCCCCCCCCCC. The monoisotopic (exact) mass is 1660 g/mol. The van der Waals surface area contributed by atoms with Crippen LogP contribution in [-0.4, -0.2) is 95.9 Å². The summed E-state index contributed by atoms with van der Waals surface area (Å²) < 4.78 is 61.3. The lowest BCUT2D eigenvalue weighted by molar-refractivity contribution is -0.161. The number of phosphoric acid groups is 2. The molecule has 0 aliphatic carbocycles. The Morgan fingerprint density at radius 3 is 0.730 bits per heavy atom. The van der Waals surface area contributed by atoms with Crippen molar-refractivity contribution in [3.05, 3.63) is 122 Å². The molecular formula is C97H172O16P2. The smallest absolute Gasteiger partial charge is 0.463 e. The van der Waals surface area contributed by atoms with Gasteiger partial charge in [-0.25, -0.2) is 9.13 Å². The zero-order valence-electron chi connectivity index (χ0n) is 73.4. The maximum Gasteiger partial charge on any atom is 0.472 e. The van der Waals surface area contributed by atoms with Crippen LogP contribution in [0.25, 0.3) is 0 Å². The number of ether oxygens (including phenoxy) is 3. The predicted molar refractivity (Wildman–Crippen MR) is 482 cm³/mol. The number of unbranched alkanes of at least 4 members (excludes halogenated alkanes) is 46. The van der Waals surface area contributed by atoms with Crippen LogP contribution in [0.3, 0.4) is 0 Å². The van der Waals surface area contributed by atoms with Crippen LogP contribution in [0.4, 0.5) is 0 Å². The molecule has 0 aromatic carbocycles. The van der Waals surface area contributed by atoms with Crippen LogP contribution >= 0.6 is 15.6 Å². The summed E-state index contributed by atoms with van der Waals surface area (Å²) in [4.78, 5) is 58.8. The van der Waals surface area contributed by atoms with Crippen LogP contribution in [0.1, 0.15) is 419 Å². The highest BCUT2D eigenvalue weighted by Crippen LogP contribution is 2.45. The number of hydrogen-bond acceptors (Lipinski definition) is 14. The molecule has 0 heterocycles. The number of esters is 3. The lowest BCUT2D eigenvalue weighted by Gasteiger charge is -2.21. The van der Waals surface area contributed by atoms with Gasteiger partial charge in [0.15, 0.2) is 6.10 Å². The summed E-state index contributed by atoms with van der Waals surface area (Å²) in [6.07, 6.45) is 110. The maximum absolute atomic E-state index is 13.0. The lowest BCUT2D eigenvalue weighted by atomic mass is 10.0. The third-order valence-corrected chi connectivity index (χ3v) is 22.1. The number of phosphoric ester groups is 2. The molecule has 5 unspecified atom stereocenters. The minimum atomic E-state index is -4.93. The molecule has 0 rings (SSSR count). The first-order chi connectivity index (χ1) is 56.2. The third kappa shape index (κ3) is 90.6. The van der Waals surface area contributed by atoms with Gasteiger partial charge in [-0.05, 0) is 109 Å². The van der Waals surface area contributed by atoms with Gasteiger partial charge >= 0.3 is 33.6 Å². The second-order valence-electron chi connectivity index (χ2n) is 31.4. The highest BCUT2D eigenvalue weighted by atomic mass is 31.2. The molecular weight excluding hydrogens is 1480 g/mol. The molecule has 0 saturated heterocycles. The number of hydrogen-bond donors (Lipinski definition) is 4. The lowest BCUT2D eigenvalue weighted by Crippen LogP contribution is -2.30. The summed E-state index contributed by atoms with van der Waals surface area (Å²) in [7, 11) is -9.78. The van der Waals surface area contributed by atoms with Gasteiger partial charge in [0.1, 0.15) is 25.4 Å². The molecule has 115 heavy (non-hydrogen) atoms. The zero-order valence-corrected chi connectivity index (χ0v) is 75.2. The normalized spacial score (nSPS) is 14.3. The fourth-order valence-electron chi connectivity index (χ4n) is 13.2. The van der Waals surface area contributed by atoms with E-state index >= 15 is 0 Å². The summed E-state index contributed by atoms with van der Waals surface area (Å²) >= 11 is 0. The van der Waals surface area contributed by atoms with E-state index in [9.17, 15) is 43.5 Å². The summed E-state index contributed by atoms with van der Waals surface area (Å²) in [5.74, 6) is -1.55. The zero-order chi connectivity index (χ0) is 83.6. The molecule has 0 radical (unpaired) electrons. The summed E-state index contributed by atoms with van der Waals surface area (Å²) in [5.41, 5.74) is 0. The van der Waals surface area contributed by atoms with Crippen molar-refractivity contribution >= 4 is 33.6 Å². The van der Waals surface area contributed by atoms with Gasteiger partial charge in [0.25, 0.3) is 0 Å². The van der Waals surface area contributed by atoms with E-state index in [0.29, 0.717) is 19.3 Å². The van der Waals surface area contributed by atoms with E-state index in [0.717, 1.165) is 128 Å². The highest BCUT2D eigenvalue weighted by molar-refractivity contribution is 7.47. The van der Waals surface area contributed by atoms with E-state index in [2.05, 4.69) is 142 Å². The Hall–Kier alpha value is -4.05. The largest absolute Gasteiger partial charge is 0.472 e. The summed E-state index contributed by atoms with van der Waals surface area (Å²) in [6.45, 7) is 2.52. The van der Waals surface area contributed by atoms with Crippen LogP contribution in [-0.2, 0) is 55.8 Å². The van der Waals surface area contributed by atoms with Gasteiger partial charge in [-0.2, -0.15) is 0 Å². The average Bonchev–Trinajstić information content (AvgIpc) is 0.901. The Kier molecular flexibility index (Phi) is 86.1. The molecule has 666 valence electrons. The number of allylic oxidation sites excluding steroid dienone is 20. The van der Waals surface area contributed by atoms with E-state index in [-0.39, 0.29) is 19.3 Å². The molecule has 0 spiro atoms. The maximum atomic E-state index is 13.0. The van der Waals surface area contributed by atoms with E-state index in [4.69, 9.17) is 32.3 Å². The first-order valence-corrected chi connectivity index (χ1v) is 49.8. The quantitative estimate of drug-likeness (QED) is 0.0146. The molecule has 0 aliphatic heterocycles. The van der Waals surface area contributed by atoms with Crippen molar-refractivity contribution in [3.8, 4) is 0 Å². The fraction of sp³-hybridized carbons (Fsp3) is 0.763. The first kappa shape index (κ1) is 111. The molecule has 18 heteroatoms. The highest BCUT2D eigenvalue weighted by Gasteiger charge is 2.30. The Morgan fingerprint density at radius 2 is 0.461 bits per heavy atom. The van der Waals surface area contributed by atoms with Gasteiger partial charge in [0.05, 0.1) is 26.4 Å². The number of carbonyl (C=O) groups excluding carboxylic acids is 3. The van der Waals surface area contributed by atoms with Gasteiger partial charge in [0.2, 0.25) is 0 Å². The van der Waals surface area contributed by atoms with Crippen molar-refractivity contribution in [1.82, 2.24) is 0 Å². The van der Waals surface area contributed by atoms with E-state index in [1.165, 1.54) is 231 Å². The molecule has 0 amide bonds. The molecule has 0 aliphatic rings. The Balaban J connectivity index is 4.29. The fourth-order valence-corrected chi connectivity index (χ4v) is 14.7. The van der Waals surface area contributed by atoms with Gasteiger partial charge in [-0.1, -0.05) is 412 Å². The van der Waals surface area contributed by atoms with E-state index in [1.807, 2.05) is 0 Å². The van der Waals surface area contributed by atoms with Gasteiger partial charge in [0, 0.05) is 19.3 Å². The third-order valence-electron chi connectivity index (χ3n) is 20.2.